The number of rotatable bonds is 4. The minimum Gasteiger partial charge on any atom is -0.366 e. The van der Waals surface area contributed by atoms with E-state index in [2.05, 4.69) is 10.3 Å². The first-order valence-electron chi connectivity index (χ1n) is 6.41. The Morgan fingerprint density at radius 2 is 2.05 bits per heavy atom. The number of nitrogens with zero attached hydrogens (tertiary/aromatic N) is 1. The van der Waals surface area contributed by atoms with E-state index in [0.29, 0.717) is 23.1 Å². The van der Waals surface area contributed by atoms with Crippen LogP contribution in [0.15, 0.2) is 53.9 Å². The summed E-state index contributed by atoms with van der Waals surface area (Å²) in [6.45, 7) is 0.562. The van der Waals surface area contributed by atoms with Gasteiger partial charge in [-0.2, -0.15) is 0 Å². The second-order valence-electron chi connectivity index (χ2n) is 4.49. The minimum atomic E-state index is -0.206. The number of aromatic nitrogens is 1. The van der Waals surface area contributed by atoms with Gasteiger partial charge in [0.1, 0.15) is 16.8 Å². The zero-order chi connectivity index (χ0) is 14.7. The van der Waals surface area contributed by atoms with Gasteiger partial charge in [0.05, 0.1) is 0 Å². The fraction of sp³-hybridized carbons (Fsp3) is 0.0625. The summed E-state index contributed by atoms with van der Waals surface area (Å²) < 4.78 is 13.9. The van der Waals surface area contributed by atoms with Crippen molar-refractivity contribution in [2.75, 3.05) is 5.32 Å². The Kier molecular flexibility index (Phi) is 4.18. The molecule has 0 radical (unpaired) electrons. The minimum absolute atomic E-state index is 0.206. The zero-order valence-corrected chi connectivity index (χ0v) is 12.6. The molecule has 0 amide bonds. The first-order valence-corrected chi connectivity index (χ1v) is 7.67. The van der Waals surface area contributed by atoms with Crippen molar-refractivity contribution in [2.45, 2.75) is 6.54 Å². The van der Waals surface area contributed by atoms with Crippen molar-refractivity contribution >= 4 is 28.8 Å². The summed E-state index contributed by atoms with van der Waals surface area (Å²) in [7, 11) is 0. The fourth-order valence-corrected chi connectivity index (χ4v) is 2.91. The van der Waals surface area contributed by atoms with Crippen LogP contribution in [0.3, 0.4) is 0 Å². The summed E-state index contributed by atoms with van der Waals surface area (Å²) in [5, 5.41) is 5.56. The highest BCUT2D eigenvalue weighted by molar-refractivity contribution is 7.13. The van der Waals surface area contributed by atoms with E-state index in [0.717, 1.165) is 10.4 Å². The standard InChI is InChI=1S/C16H12ClFN2S/c17-15-4-1-5-16(20-15)19-10-11-6-7-13(18)12(9-11)14-3-2-8-21-14/h1-9H,10H2,(H,19,20). The first kappa shape index (κ1) is 14.0. The topological polar surface area (TPSA) is 24.9 Å². The molecule has 0 aliphatic rings. The summed E-state index contributed by atoms with van der Waals surface area (Å²) in [6, 6.07) is 14.4. The number of benzene rings is 1. The van der Waals surface area contributed by atoms with Gasteiger partial charge in [-0.3, -0.25) is 0 Å². The molecule has 0 aliphatic heterocycles. The van der Waals surface area contributed by atoms with E-state index >= 15 is 0 Å². The Bertz CT molecular complexity index is 744. The SMILES string of the molecule is Fc1ccc(CNc2cccc(Cl)n2)cc1-c1cccs1. The second-order valence-corrected chi connectivity index (χ2v) is 5.83. The molecule has 1 aromatic carbocycles. The maximum absolute atomic E-state index is 13.9. The van der Waals surface area contributed by atoms with Crippen LogP contribution in [0.5, 0.6) is 0 Å². The lowest BCUT2D eigenvalue weighted by Gasteiger charge is -2.08. The van der Waals surface area contributed by atoms with Gasteiger partial charge in [0.15, 0.2) is 0 Å². The highest BCUT2D eigenvalue weighted by Crippen LogP contribution is 2.28. The smallest absolute Gasteiger partial charge is 0.131 e. The lowest BCUT2D eigenvalue weighted by atomic mass is 10.1. The van der Waals surface area contributed by atoms with Crippen LogP contribution < -0.4 is 5.32 Å². The van der Waals surface area contributed by atoms with Crippen molar-refractivity contribution in [1.82, 2.24) is 4.98 Å². The highest BCUT2D eigenvalue weighted by atomic mass is 35.5. The monoisotopic (exact) mass is 318 g/mol. The maximum Gasteiger partial charge on any atom is 0.131 e. The van der Waals surface area contributed by atoms with Gasteiger partial charge in [-0.1, -0.05) is 29.8 Å². The summed E-state index contributed by atoms with van der Waals surface area (Å²) in [6.07, 6.45) is 0. The van der Waals surface area contributed by atoms with Crippen molar-refractivity contribution < 1.29 is 4.39 Å². The normalized spacial score (nSPS) is 10.6. The molecule has 0 unspecified atom stereocenters. The van der Waals surface area contributed by atoms with Crippen LogP contribution in [-0.2, 0) is 6.54 Å². The van der Waals surface area contributed by atoms with Gasteiger partial charge in [0.25, 0.3) is 0 Å². The molecular weight excluding hydrogens is 307 g/mol. The number of hydrogen-bond acceptors (Lipinski definition) is 3. The van der Waals surface area contributed by atoms with E-state index in [1.54, 1.807) is 12.1 Å². The number of halogens is 2. The lowest BCUT2D eigenvalue weighted by molar-refractivity contribution is 0.631. The lowest BCUT2D eigenvalue weighted by Crippen LogP contribution is -2.01. The molecule has 2 heterocycles. The third-order valence-electron chi connectivity index (χ3n) is 3.01. The summed E-state index contributed by atoms with van der Waals surface area (Å²) >= 11 is 7.37. The predicted molar refractivity (Wildman–Crippen MR) is 86.3 cm³/mol. The molecule has 2 aromatic heterocycles. The van der Waals surface area contributed by atoms with Crippen molar-refractivity contribution in [3.05, 3.63) is 70.4 Å². The van der Waals surface area contributed by atoms with Crippen LogP contribution in [0.25, 0.3) is 10.4 Å². The van der Waals surface area contributed by atoms with E-state index in [4.69, 9.17) is 11.6 Å². The van der Waals surface area contributed by atoms with Gasteiger partial charge in [-0.15, -0.1) is 11.3 Å². The molecule has 21 heavy (non-hydrogen) atoms. The van der Waals surface area contributed by atoms with Crippen LogP contribution in [0.2, 0.25) is 5.15 Å². The van der Waals surface area contributed by atoms with Crippen LogP contribution >= 0.6 is 22.9 Å². The van der Waals surface area contributed by atoms with Gasteiger partial charge < -0.3 is 5.32 Å². The molecule has 0 fully saturated rings. The van der Waals surface area contributed by atoms with Gasteiger partial charge >= 0.3 is 0 Å². The molecule has 0 aliphatic carbocycles. The van der Waals surface area contributed by atoms with Gasteiger partial charge in [-0.05, 0) is 41.3 Å². The number of nitrogens with one attached hydrogen (secondary N) is 1. The molecule has 0 spiro atoms. The Balaban J connectivity index is 1.79. The van der Waals surface area contributed by atoms with Crippen molar-refractivity contribution in [3.8, 4) is 10.4 Å². The summed E-state index contributed by atoms with van der Waals surface area (Å²) in [5.74, 6) is 0.492. The molecule has 5 heteroatoms. The van der Waals surface area contributed by atoms with Crippen molar-refractivity contribution in [3.63, 3.8) is 0 Å². The predicted octanol–water partition coefficient (Wildman–Crippen LogP) is 5.21. The Morgan fingerprint density at radius 3 is 2.81 bits per heavy atom. The van der Waals surface area contributed by atoms with Crippen LogP contribution in [-0.4, -0.2) is 4.98 Å². The molecule has 0 atom stereocenters. The third kappa shape index (κ3) is 3.40. The van der Waals surface area contributed by atoms with E-state index < -0.39 is 0 Å². The van der Waals surface area contributed by atoms with E-state index in [-0.39, 0.29) is 5.82 Å². The molecule has 0 saturated heterocycles. The maximum atomic E-state index is 13.9. The van der Waals surface area contributed by atoms with Gasteiger partial charge in [0.2, 0.25) is 0 Å². The van der Waals surface area contributed by atoms with E-state index in [1.807, 2.05) is 35.7 Å². The molecule has 3 rings (SSSR count). The summed E-state index contributed by atoms with van der Waals surface area (Å²) in [5.41, 5.74) is 1.62. The average Bonchev–Trinajstić information content (AvgIpc) is 3.00. The Hall–Kier alpha value is -1.91. The number of pyridine rings is 1. The van der Waals surface area contributed by atoms with Gasteiger partial charge in [0, 0.05) is 17.0 Å². The molecule has 0 bridgehead atoms. The first-order chi connectivity index (χ1) is 10.2. The molecule has 3 aromatic rings. The Morgan fingerprint density at radius 1 is 1.14 bits per heavy atom. The highest BCUT2D eigenvalue weighted by Gasteiger charge is 2.07. The average molecular weight is 319 g/mol. The number of hydrogen-bond donors (Lipinski definition) is 1. The van der Waals surface area contributed by atoms with Crippen molar-refractivity contribution in [1.29, 1.82) is 0 Å². The quantitative estimate of drug-likeness (QED) is 0.667. The number of anilines is 1. The van der Waals surface area contributed by atoms with Crippen LogP contribution in [0.4, 0.5) is 10.2 Å². The summed E-state index contributed by atoms with van der Waals surface area (Å²) in [4.78, 5) is 5.09. The van der Waals surface area contributed by atoms with Crippen LogP contribution in [0.1, 0.15) is 5.56 Å². The molecule has 2 nitrogen and oxygen atoms in total. The zero-order valence-electron chi connectivity index (χ0n) is 11.0. The third-order valence-corrected chi connectivity index (χ3v) is 4.12. The van der Waals surface area contributed by atoms with Crippen molar-refractivity contribution in [2.24, 2.45) is 0 Å². The molecule has 1 N–H and O–H groups in total. The second kappa shape index (κ2) is 6.24. The molecular formula is C16H12ClFN2S. The fourth-order valence-electron chi connectivity index (χ4n) is 2.00. The van der Waals surface area contributed by atoms with Gasteiger partial charge in [-0.25, -0.2) is 9.37 Å². The largest absolute Gasteiger partial charge is 0.366 e. The van der Waals surface area contributed by atoms with E-state index in [9.17, 15) is 4.39 Å². The molecule has 106 valence electrons. The Labute approximate surface area is 131 Å². The number of thiophene rings is 1. The molecule has 0 saturated carbocycles. The van der Waals surface area contributed by atoms with Crippen LogP contribution in [0, 0.1) is 5.82 Å². The van der Waals surface area contributed by atoms with E-state index in [1.165, 1.54) is 17.4 Å².